The van der Waals surface area contributed by atoms with Crippen LogP contribution in [-0.2, 0) is 0 Å². The molecule has 6 heteroatoms. The number of anilines is 2. The van der Waals surface area contributed by atoms with Gasteiger partial charge in [-0.25, -0.2) is 0 Å². The highest BCUT2D eigenvalue weighted by atomic mass is 32.1. The first-order valence-corrected chi connectivity index (χ1v) is 6.48. The second-order valence-corrected chi connectivity index (χ2v) is 6.16. The minimum Gasteiger partial charge on any atom is -0.382 e. The average Bonchev–Trinajstić information content (AvgIpc) is 2.71. The largest absolute Gasteiger partial charge is 0.382 e. The molecule has 5 nitrogen and oxygen atoms in total. The number of nitrogen functional groups attached to an aromatic ring is 1. The Kier molecular flexibility index (Phi) is 2.99. The molecule has 1 fully saturated rings. The lowest BCUT2D eigenvalue weighted by molar-refractivity contribution is 0.100. The standard InChI is InChI=1S/C11H18N4OS/c1-11(2)4-3-6(5-11)14-10-7(9(13)16)8(12)15-17-10/h6,14H,3-5H2,1-2H3,(H2,12,15)(H2,13,16). The molecule has 0 radical (unpaired) electrons. The summed E-state index contributed by atoms with van der Waals surface area (Å²) >= 11 is 1.20. The van der Waals surface area contributed by atoms with Crippen LogP contribution in [0.3, 0.4) is 0 Å². The number of carbonyl (C=O) groups excluding carboxylic acids is 1. The first-order chi connectivity index (χ1) is 7.89. The normalized spacial score (nSPS) is 22.6. The third kappa shape index (κ3) is 2.52. The minimum atomic E-state index is -0.518. The molecule has 0 aromatic carbocycles. The van der Waals surface area contributed by atoms with Crippen molar-refractivity contribution >= 4 is 28.3 Å². The molecule has 1 saturated carbocycles. The van der Waals surface area contributed by atoms with Crippen LogP contribution in [0.2, 0.25) is 0 Å². The molecule has 1 aliphatic carbocycles. The van der Waals surface area contributed by atoms with Crippen LogP contribution in [0.1, 0.15) is 43.5 Å². The number of nitrogens with one attached hydrogen (secondary N) is 1. The van der Waals surface area contributed by atoms with E-state index >= 15 is 0 Å². The van der Waals surface area contributed by atoms with Gasteiger partial charge in [-0.2, -0.15) is 4.37 Å². The predicted molar refractivity (Wildman–Crippen MR) is 70.1 cm³/mol. The first kappa shape index (κ1) is 12.2. The van der Waals surface area contributed by atoms with E-state index in [1.54, 1.807) is 0 Å². The monoisotopic (exact) mass is 254 g/mol. The molecule has 94 valence electrons. The van der Waals surface area contributed by atoms with Gasteiger partial charge in [0.2, 0.25) is 0 Å². The summed E-state index contributed by atoms with van der Waals surface area (Å²) in [7, 11) is 0. The van der Waals surface area contributed by atoms with Gasteiger partial charge in [0.1, 0.15) is 10.6 Å². The van der Waals surface area contributed by atoms with Gasteiger partial charge in [-0.3, -0.25) is 4.79 Å². The van der Waals surface area contributed by atoms with Crippen molar-refractivity contribution in [3.8, 4) is 0 Å². The van der Waals surface area contributed by atoms with Gasteiger partial charge in [-0.1, -0.05) is 13.8 Å². The van der Waals surface area contributed by atoms with Crippen LogP contribution in [0, 0.1) is 5.41 Å². The van der Waals surface area contributed by atoms with E-state index in [4.69, 9.17) is 11.5 Å². The number of nitrogens with zero attached hydrogens (tertiary/aromatic N) is 1. The Balaban J connectivity index is 2.12. The Bertz CT molecular complexity index is 441. The van der Waals surface area contributed by atoms with E-state index in [1.807, 2.05) is 0 Å². The molecule has 1 amide bonds. The van der Waals surface area contributed by atoms with Crippen LogP contribution >= 0.6 is 11.5 Å². The van der Waals surface area contributed by atoms with Gasteiger partial charge in [-0.05, 0) is 36.2 Å². The highest BCUT2D eigenvalue weighted by molar-refractivity contribution is 7.11. The highest BCUT2D eigenvalue weighted by Crippen LogP contribution is 2.39. The summed E-state index contributed by atoms with van der Waals surface area (Å²) < 4.78 is 3.97. The molecule has 1 unspecified atom stereocenters. The summed E-state index contributed by atoms with van der Waals surface area (Å²) in [4.78, 5) is 11.3. The SMILES string of the molecule is CC1(C)CCC(Nc2snc(N)c2C(N)=O)C1. The first-order valence-electron chi connectivity index (χ1n) is 5.70. The molecular formula is C11H18N4OS. The minimum absolute atomic E-state index is 0.224. The lowest BCUT2D eigenvalue weighted by atomic mass is 9.92. The smallest absolute Gasteiger partial charge is 0.255 e. The fraction of sp³-hybridized carbons (Fsp3) is 0.636. The predicted octanol–water partition coefficient (Wildman–Crippen LogP) is 1.81. The highest BCUT2D eigenvalue weighted by Gasteiger charge is 2.32. The summed E-state index contributed by atoms with van der Waals surface area (Å²) in [5.41, 5.74) is 11.6. The Hall–Kier alpha value is -1.30. The van der Waals surface area contributed by atoms with Crippen LogP contribution in [0.25, 0.3) is 0 Å². The summed E-state index contributed by atoms with van der Waals surface area (Å²) in [5, 5.41) is 4.05. The van der Waals surface area contributed by atoms with E-state index < -0.39 is 5.91 Å². The molecule has 2 rings (SSSR count). The van der Waals surface area contributed by atoms with Crippen molar-refractivity contribution in [2.24, 2.45) is 11.1 Å². The number of amides is 1. The van der Waals surface area contributed by atoms with Crippen LogP contribution < -0.4 is 16.8 Å². The molecule has 17 heavy (non-hydrogen) atoms. The second-order valence-electron chi connectivity index (χ2n) is 5.38. The quantitative estimate of drug-likeness (QED) is 0.766. The Labute approximate surface area is 105 Å². The maximum Gasteiger partial charge on any atom is 0.255 e. The summed E-state index contributed by atoms with van der Waals surface area (Å²) in [6, 6.07) is 0.378. The number of primary amides is 1. The van der Waals surface area contributed by atoms with E-state index in [-0.39, 0.29) is 5.82 Å². The van der Waals surface area contributed by atoms with Gasteiger partial charge in [0.15, 0.2) is 5.82 Å². The summed E-state index contributed by atoms with van der Waals surface area (Å²) in [5.74, 6) is -0.293. The molecule has 0 bridgehead atoms. The number of aromatic nitrogens is 1. The lowest BCUT2D eigenvalue weighted by Gasteiger charge is -2.18. The zero-order valence-electron chi connectivity index (χ0n) is 10.1. The number of hydrogen-bond donors (Lipinski definition) is 3. The topological polar surface area (TPSA) is 94.0 Å². The number of rotatable bonds is 3. The molecule has 1 aromatic heterocycles. The molecule has 0 spiro atoms. The third-order valence-corrected chi connectivity index (χ3v) is 4.06. The van der Waals surface area contributed by atoms with Gasteiger partial charge in [0, 0.05) is 6.04 Å². The zero-order valence-corrected chi connectivity index (χ0v) is 10.9. The van der Waals surface area contributed by atoms with Crippen LogP contribution in [0.5, 0.6) is 0 Å². The maximum atomic E-state index is 11.3. The molecule has 1 atom stereocenters. The molecule has 0 saturated heterocycles. The molecule has 1 aliphatic rings. The average molecular weight is 254 g/mol. The number of carbonyl (C=O) groups is 1. The van der Waals surface area contributed by atoms with E-state index in [0.29, 0.717) is 22.0 Å². The fourth-order valence-corrected chi connectivity index (χ4v) is 3.18. The molecular weight excluding hydrogens is 236 g/mol. The van der Waals surface area contributed by atoms with E-state index in [1.165, 1.54) is 18.0 Å². The zero-order chi connectivity index (χ0) is 12.6. The van der Waals surface area contributed by atoms with Crippen LogP contribution in [0.4, 0.5) is 10.8 Å². The maximum absolute atomic E-state index is 11.3. The van der Waals surface area contributed by atoms with E-state index in [2.05, 4.69) is 23.5 Å². The molecule has 5 N–H and O–H groups in total. The van der Waals surface area contributed by atoms with Crippen molar-refractivity contribution in [1.82, 2.24) is 4.37 Å². The van der Waals surface area contributed by atoms with E-state index in [9.17, 15) is 4.79 Å². The Morgan fingerprint density at radius 2 is 2.29 bits per heavy atom. The fourth-order valence-electron chi connectivity index (χ4n) is 2.38. The van der Waals surface area contributed by atoms with Crippen LogP contribution in [-0.4, -0.2) is 16.3 Å². The number of hydrogen-bond acceptors (Lipinski definition) is 5. The second kappa shape index (κ2) is 4.18. The molecule has 1 aromatic rings. The van der Waals surface area contributed by atoms with Gasteiger partial charge in [-0.15, -0.1) is 0 Å². The third-order valence-electron chi connectivity index (χ3n) is 3.27. The van der Waals surface area contributed by atoms with E-state index in [0.717, 1.165) is 12.8 Å². The lowest BCUT2D eigenvalue weighted by Crippen LogP contribution is -2.20. The van der Waals surface area contributed by atoms with Crippen molar-refractivity contribution < 1.29 is 4.79 Å². The number of nitrogens with two attached hydrogens (primary N) is 2. The van der Waals surface area contributed by atoms with Gasteiger partial charge in [0.25, 0.3) is 5.91 Å². The Morgan fingerprint density at radius 3 is 2.82 bits per heavy atom. The van der Waals surface area contributed by atoms with Gasteiger partial charge < -0.3 is 16.8 Å². The van der Waals surface area contributed by atoms with Crippen molar-refractivity contribution in [2.75, 3.05) is 11.1 Å². The van der Waals surface area contributed by atoms with Crippen molar-refractivity contribution in [2.45, 2.75) is 39.2 Å². The van der Waals surface area contributed by atoms with Gasteiger partial charge in [0.05, 0.1) is 0 Å². The van der Waals surface area contributed by atoms with Crippen molar-refractivity contribution in [3.05, 3.63) is 5.56 Å². The Morgan fingerprint density at radius 1 is 1.59 bits per heavy atom. The van der Waals surface area contributed by atoms with Crippen LogP contribution in [0.15, 0.2) is 0 Å². The molecule has 1 heterocycles. The van der Waals surface area contributed by atoms with Crippen molar-refractivity contribution in [3.63, 3.8) is 0 Å². The van der Waals surface area contributed by atoms with Gasteiger partial charge >= 0.3 is 0 Å². The summed E-state index contributed by atoms with van der Waals surface area (Å²) in [6.45, 7) is 4.51. The van der Waals surface area contributed by atoms with Crippen molar-refractivity contribution in [1.29, 1.82) is 0 Å². The molecule has 0 aliphatic heterocycles. The summed E-state index contributed by atoms with van der Waals surface area (Å²) in [6.07, 6.45) is 3.37.